The van der Waals surface area contributed by atoms with E-state index in [1.54, 1.807) is 30.4 Å². The third kappa shape index (κ3) is 4.02. The van der Waals surface area contributed by atoms with Gasteiger partial charge in [0, 0.05) is 43.0 Å². The van der Waals surface area contributed by atoms with Gasteiger partial charge in [0.25, 0.3) is 5.91 Å². The van der Waals surface area contributed by atoms with Gasteiger partial charge in [0.15, 0.2) is 0 Å². The number of halogens is 1. The van der Waals surface area contributed by atoms with Gasteiger partial charge in [-0.1, -0.05) is 0 Å². The highest BCUT2D eigenvalue weighted by Gasteiger charge is 2.29. The summed E-state index contributed by atoms with van der Waals surface area (Å²) in [6, 6.07) is 1.70. The van der Waals surface area contributed by atoms with Crippen LogP contribution < -0.4 is 0 Å². The zero-order chi connectivity index (χ0) is 15.6. The van der Waals surface area contributed by atoms with Crippen LogP contribution in [-0.2, 0) is 10.0 Å². The van der Waals surface area contributed by atoms with Gasteiger partial charge in [-0.25, -0.2) is 12.7 Å². The van der Waals surface area contributed by atoms with Gasteiger partial charge >= 0.3 is 0 Å². The van der Waals surface area contributed by atoms with Crippen molar-refractivity contribution in [2.24, 2.45) is 0 Å². The highest BCUT2D eigenvalue weighted by atomic mass is 79.9. The van der Waals surface area contributed by atoms with Crippen LogP contribution in [0.3, 0.4) is 0 Å². The first-order valence-electron chi connectivity index (χ1n) is 6.62. The van der Waals surface area contributed by atoms with Crippen molar-refractivity contribution in [2.75, 3.05) is 26.4 Å². The summed E-state index contributed by atoms with van der Waals surface area (Å²) in [6.07, 6.45) is 5.68. The standard InChI is InChI=1S/C13H18BrN3O3S/c1-16(21(2,19)20)12-3-5-17(6-4-12)13(18)10-7-11(14)9-15-8-10/h7-9,12H,3-6H2,1-2H3. The Morgan fingerprint density at radius 2 is 2.00 bits per heavy atom. The van der Waals surface area contributed by atoms with Gasteiger partial charge in [-0.05, 0) is 34.8 Å². The molecule has 0 aromatic carbocycles. The third-order valence-corrected chi connectivity index (χ3v) is 5.52. The minimum Gasteiger partial charge on any atom is -0.338 e. The smallest absolute Gasteiger partial charge is 0.255 e. The van der Waals surface area contributed by atoms with E-state index in [1.807, 2.05) is 0 Å². The molecule has 2 heterocycles. The van der Waals surface area contributed by atoms with Gasteiger partial charge in [0.1, 0.15) is 0 Å². The molecule has 2 rings (SSSR count). The van der Waals surface area contributed by atoms with Crippen LogP contribution in [-0.4, -0.2) is 60.9 Å². The van der Waals surface area contributed by atoms with Gasteiger partial charge in [-0.15, -0.1) is 0 Å². The lowest BCUT2D eigenvalue weighted by molar-refractivity contribution is 0.0686. The summed E-state index contributed by atoms with van der Waals surface area (Å²) >= 11 is 3.30. The van der Waals surface area contributed by atoms with Crippen LogP contribution in [0, 0.1) is 0 Å². The lowest BCUT2D eigenvalue weighted by atomic mass is 10.0. The Morgan fingerprint density at radius 1 is 1.38 bits per heavy atom. The van der Waals surface area contributed by atoms with Crippen molar-refractivity contribution >= 4 is 31.9 Å². The first-order valence-corrected chi connectivity index (χ1v) is 9.26. The molecule has 0 saturated carbocycles. The lowest BCUT2D eigenvalue weighted by Gasteiger charge is -2.35. The number of pyridine rings is 1. The van der Waals surface area contributed by atoms with E-state index in [-0.39, 0.29) is 11.9 Å². The summed E-state index contributed by atoms with van der Waals surface area (Å²) < 4.78 is 25.2. The topological polar surface area (TPSA) is 70.6 Å². The van der Waals surface area contributed by atoms with E-state index in [2.05, 4.69) is 20.9 Å². The first-order chi connectivity index (χ1) is 9.79. The van der Waals surface area contributed by atoms with Crippen molar-refractivity contribution in [3.8, 4) is 0 Å². The van der Waals surface area contributed by atoms with Gasteiger partial charge in [0.2, 0.25) is 10.0 Å². The van der Waals surface area contributed by atoms with E-state index in [4.69, 9.17) is 0 Å². The summed E-state index contributed by atoms with van der Waals surface area (Å²) in [5, 5.41) is 0. The molecule has 1 amide bonds. The molecule has 0 aliphatic carbocycles. The Hall–Kier alpha value is -0.990. The number of likely N-dealkylation sites (tertiary alicyclic amines) is 1. The number of hydrogen-bond donors (Lipinski definition) is 0. The molecule has 8 heteroatoms. The van der Waals surface area contributed by atoms with Crippen molar-refractivity contribution in [3.05, 3.63) is 28.5 Å². The van der Waals surface area contributed by atoms with E-state index in [0.717, 1.165) is 4.47 Å². The molecular formula is C13H18BrN3O3S. The predicted molar refractivity (Wildman–Crippen MR) is 83.5 cm³/mol. The minimum absolute atomic E-state index is 0.0373. The number of amides is 1. The van der Waals surface area contributed by atoms with Crippen molar-refractivity contribution in [1.82, 2.24) is 14.2 Å². The van der Waals surface area contributed by atoms with Crippen LogP contribution in [0.2, 0.25) is 0 Å². The van der Waals surface area contributed by atoms with Gasteiger partial charge < -0.3 is 4.90 Å². The van der Waals surface area contributed by atoms with Crippen LogP contribution in [0.15, 0.2) is 22.9 Å². The molecule has 1 fully saturated rings. The first kappa shape index (κ1) is 16.4. The highest BCUT2D eigenvalue weighted by Crippen LogP contribution is 2.20. The maximum Gasteiger partial charge on any atom is 0.255 e. The Labute approximate surface area is 133 Å². The Bertz CT molecular complexity index is 627. The Morgan fingerprint density at radius 3 is 2.52 bits per heavy atom. The molecule has 6 nitrogen and oxygen atoms in total. The number of carbonyl (C=O) groups is 1. The molecule has 0 N–H and O–H groups in total. The molecule has 1 aliphatic rings. The second-order valence-corrected chi connectivity index (χ2v) is 8.15. The largest absolute Gasteiger partial charge is 0.338 e. The number of aromatic nitrogens is 1. The van der Waals surface area contributed by atoms with Crippen LogP contribution in [0.25, 0.3) is 0 Å². The SMILES string of the molecule is CN(C1CCN(C(=O)c2cncc(Br)c2)CC1)S(C)(=O)=O. The number of piperidine rings is 1. The average Bonchev–Trinajstić information content (AvgIpc) is 2.45. The molecule has 0 spiro atoms. The summed E-state index contributed by atoms with van der Waals surface area (Å²) in [5.74, 6) is -0.0655. The number of nitrogens with zero attached hydrogens (tertiary/aromatic N) is 3. The normalized spacial score (nSPS) is 17.2. The fraction of sp³-hybridized carbons (Fsp3) is 0.538. The molecule has 1 aliphatic heterocycles. The molecule has 116 valence electrons. The summed E-state index contributed by atoms with van der Waals surface area (Å²) in [7, 11) is -1.59. The van der Waals surface area contributed by atoms with Crippen molar-refractivity contribution in [2.45, 2.75) is 18.9 Å². The monoisotopic (exact) mass is 375 g/mol. The number of carbonyl (C=O) groups excluding carboxylic acids is 1. The van der Waals surface area contributed by atoms with Crippen LogP contribution >= 0.6 is 15.9 Å². The molecule has 21 heavy (non-hydrogen) atoms. The number of sulfonamides is 1. The number of hydrogen-bond acceptors (Lipinski definition) is 4. The molecule has 0 bridgehead atoms. The maximum absolute atomic E-state index is 12.4. The van der Waals surface area contributed by atoms with Crippen LogP contribution in [0.5, 0.6) is 0 Å². The summed E-state index contributed by atoms with van der Waals surface area (Å²) in [5.41, 5.74) is 0.541. The third-order valence-electron chi connectivity index (χ3n) is 3.74. The van der Waals surface area contributed by atoms with E-state index in [1.165, 1.54) is 10.6 Å². The van der Waals surface area contributed by atoms with E-state index >= 15 is 0 Å². The van der Waals surface area contributed by atoms with Crippen LogP contribution in [0.4, 0.5) is 0 Å². The second-order valence-electron chi connectivity index (χ2n) is 5.19. The van der Waals surface area contributed by atoms with E-state index < -0.39 is 10.0 Å². The van der Waals surface area contributed by atoms with Gasteiger partial charge in [-0.2, -0.15) is 0 Å². The zero-order valence-electron chi connectivity index (χ0n) is 12.0. The molecule has 0 unspecified atom stereocenters. The molecular weight excluding hydrogens is 358 g/mol. The van der Waals surface area contributed by atoms with Gasteiger partial charge in [0.05, 0.1) is 11.8 Å². The molecule has 0 radical (unpaired) electrons. The second kappa shape index (κ2) is 6.41. The lowest BCUT2D eigenvalue weighted by Crippen LogP contribution is -2.47. The molecule has 1 saturated heterocycles. The Balaban J connectivity index is 2.00. The maximum atomic E-state index is 12.4. The van der Waals surface area contributed by atoms with E-state index in [9.17, 15) is 13.2 Å². The van der Waals surface area contributed by atoms with Crippen molar-refractivity contribution in [3.63, 3.8) is 0 Å². The minimum atomic E-state index is -3.18. The Kier molecular flexibility index (Phi) is 5.00. The van der Waals surface area contributed by atoms with Crippen molar-refractivity contribution in [1.29, 1.82) is 0 Å². The molecule has 0 atom stereocenters. The van der Waals surface area contributed by atoms with Gasteiger partial charge in [-0.3, -0.25) is 9.78 Å². The van der Waals surface area contributed by atoms with Crippen LogP contribution in [0.1, 0.15) is 23.2 Å². The summed E-state index contributed by atoms with van der Waals surface area (Å²) in [4.78, 5) is 18.1. The highest BCUT2D eigenvalue weighted by molar-refractivity contribution is 9.10. The zero-order valence-corrected chi connectivity index (χ0v) is 14.4. The number of rotatable bonds is 3. The average molecular weight is 376 g/mol. The summed E-state index contributed by atoms with van der Waals surface area (Å²) in [6.45, 7) is 1.10. The molecule has 1 aromatic rings. The fourth-order valence-corrected chi connectivity index (χ4v) is 3.53. The predicted octanol–water partition coefficient (Wildman–Crippen LogP) is 1.34. The molecule has 1 aromatic heterocycles. The quantitative estimate of drug-likeness (QED) is 0.798. The fourth-order valence-electron chi connectivity index (χ4n) is 2.41. The van der Waals surface area contributed by atoms with E-state index in [0.29, 0.717) is 31.5 Å². The van der Waals surface area contributed by atoms with Crippen molar-refractivity contribution < 1.29 is 13.2 Å².